The van der Waals surface area contributed by atoms with Crippen molar-refractivity contribution in [2.75, 3.05) is 0 Å². The first-order valence-electron chi connectivity index (χ1n) is 3.43. The van der Waals surface area contributed by atoms with E-state index >= 15 is 0 Å². The average Bonchev–Trinajstić information content (AvgIpc) is 1.95. The zero-order valence-electron chi connectivity index (χ0n) is 5.96. The molecule has 0 radical (unpaired) electrons. The predicted octanol–water partition coefficient (Wildman–Crippen LogP) is 0.199. The number of esters is 2. The van der Waals surface area contributed by atoms with E-state index in [2.05, 4.69) is 4.74 Å². The number of cyclic esters (lactones) is 2. The van der Waals surface area contributed by atoms with E-state index in [9.17, 15) is 14.4 Å². The normalized spacial score (nSPS) is 20.5. The lowest BCUT2D eigenvalue weighted by atomic mass is 10.1. The molecule has 1 aliphatic rings. The standard InChI is InChI=1S/C7H8O4/c8-5-1-3-6(9)11-7(10)4-2-5/h1-4H2. The Balaban J connectivity index is 2.53. The van der Waals surface area contributed by atoms with Gasteiger partial charge < -0.3 is 4.74 Å². The molecule has 0 aromatic carbocycles. The summed E-state index contributed by atoms with van der Waals surface area (Å²) in [5.74, 6) is -1.24. The van der Waals surface area contributed by atoms with Gasteiger partial charge in [-0.2, -0.15) is 0 Å². The Morgan fingerprint density at radius 2 is 1.27 bits per heavy atom. The van der Waals surface area contributed by atoms with Crippen molar-refractivity contribution in [1.82, 2.24) is 0 Å². The quantitative estimate of drug-likeness (QED) is 0.371. The number of ether oxygens (including phenoxy) is 1. The van der Waals surface area contributed by atoms with Crippen LogP contribution in [0.15, 0.2) is 0 Å². The molecular formula is C7H8O4. The van der Waals surface area contributed by atoms with Crippen molar-refractivity contribution in [3.8, 4) is 0 Å². The summed E-state index contributed by atoms with van der Waals surface area (Å²) in [6.07, 6.45) is 0.466. The van der Waals surface area contributed by atoms with E-state index in [0.29, 0.717) is 0 Å². The van der Waals surface area contributed by atoms with E-state index in [1.54, 1.807) is 0 Å². The molecule has 11 heavy (non-hydrogen) atoms. The van der Waals surface area contributed by atoms with Gasteiger partial charge in [0.1, 0.15) is 5.78 Å². The van der Waals surface area contributed by atoms with Crippen LogP contribution in [0.2, 0.25) is 0 Å². The van der Waals surface area contributed by atoms with Gasteiger partial charge in [0.2, 0.25) is 0 Å². The molecule has 0 amide bonds. The largest absolute Gasteiger partial charge is 0.393 e. The summed E-state index contributed by atoms with van der Waals surface area (Å²) >= 11 is 0. The Kier molecular flexibility index (Phi) is 2.36. The highest BCUT2D eigenvalue weighted by atomic mass is 16.6. The highest BCUT2D eigenvalue weighted by Crippen LogP contribution is 2.06. The zero-order chi connectivity index (χ0) is 8.27. The van der Waals surface area contributed by atoms with Crippen molar-refractivity contribution < 1.29 is 19.1 Å². The maximum Gasteiger partial charge on any atom is 0.313 e. The molecule has 1 fully saturated rings. The number of hydrogen-bond donors (Lipinski definition) is 0. The van der Waals surface area contributed by atoms with Crippen molar-refractivity contribution in [3.05, 3.63) is 0 Å². The first kappa shape index (κ1) is 7.91. The molecule has 0 spiro atoms. The van der Waals surface area contributed by atoms with E-state index < -0.39 is 11.9 Å². The van der Waals surface area contributed by atoms with Crippen LogP contribution in [0.1, 0.15) is 25.7 Å². The number of Topliss-reactive ketones (excluding diaryl/α,β-unsaturated/α-hetero) is 1. The fourth-order valence-corrected chi connectivity index (χ4v) is 0.837. The second kappa shape index (κ2) is 3.27. The number of carbonyl (C=O) groups is 3. The summed E-state index contributed by atoms with van der Waals surface area (Å²) in [6, 6.07) is 0. The van der Waals surface area contributed by atoms with Crippen LogP contribution in [-0.2, 0) is 19.1 Å². The van der Waals surface area contributed by atoms with Crippen LogP contribution >= 0.6 is 0 Å². The molecule has 0 atom stereocenters. The van der Waals surface area contributed by atoms with Crippen LogP contribution in [-0.4, -0.2) is 17.7 Å². The van der Waals surface area contributed by atoms with Crippen LogP contribution in [0, 0.1) is 0 Å². The maximum atomic E-state index is 10.8. The zero-order valence-corrected chi connectivity index (χ0v) is 5.96. The topological polar surface area (TPSA) is 60.4 Å². The highest BCUT2D eigenvalue weighted by Gasteiger charge is 2.17. The molecule has 1 aliphatic heterocycles. The average molecular weight is 156 g/mol. The van der Waals surface area contributed by atoms with Gasteiger partial charge in [-0.05, 0) is 0 Å². The Morgan fingerprint density at radius 1 is 0.818 bits per heavy atom. The molecule has 0 aliphatic carbocycles. The van der Waals surface area contributed by atoms with E-state index in [-0.39, 0.29) is 31.5 Å². The van der Waals surface area contributed by atoms with Crippen molar-refractivity contribution in [2.24, 2.45) is 0 Å². The minimum atomic E-state index is -0.594. The molecule has 1 rings (SSSR count). The summed E-state index contributed by atoms with van der Waals surface area (Å²) in [7, 11) is 0. The van der Waals surface area contributed by atoms with Gasteiger partial charge in [-0.1, -0.05) is 0 Å². The lowest BCUT2D eigenvalue weighted by Crippen LogP contribution is -2.18. The van der Waals surface area contributed by atoms with Gasteiger partial charge in [0.25, 0.3) is 0 Å². The third kappa shape index (κ3) is 2.49. The predicted molar refractivity (Wildman–Crippen MR) is 34.6 cm³/mol. The summed E-state index contributed by atoms with van der Waals surface area (Å²) in [5, 5.41) is 0. The first-order chi connectivity index (χ1) is 5.18. The van der Waals surface area contributed by atoms with E-state index in [1.165, 1.54) is 0 Å². The van der Waals surface area contributed by atoms with Gasteiger partial charge in [-0.3, -0.25) is 14.4 Å². The van der Waals surface area contributed by atoms with E-state index in [4.69, 9.17) is 0 Å². The monoisotopic (exact) mass is 156 g/mol. The second-order valence-electron chi connectivity index (χ2n) is 2.38. The maximum absolute atomic E-state index is 10.8. The van der Waals surface area contributed by atoms with Gasteiger partial charge in [0, 0.05) is 12.8 Å². The summed E-state index contributed by atoms with van der Waals surface area (Å²) < 4.78 is 4.31. The van der Waals surface area contributed by atoms with Crippen molar-refractivity contribution in [2.45, 2.75) is 25.7 Å². The Hall–Kier alpha value is -1.19. The molecule has 1 saturated heterocycles. The van der Waals surface area contributed by atoms with Crippen LogP contribution in [0.5, 0.6) is 0 Å². The molecule has 60 valence electrons. The van der Waals surface area contributed by atoms with Gasteiger partial charge in [0.05, 0.1) is 12.8 Å². The van der Waals surface area contributed by atoms with Crippen molar-refractivity contribution in [1.29, 1.82) is 0 Å². The SMILES string of the molecule is O=C1CCC(=O)OC(=O)CC1. The fraction of sp³-hybridized carbons (Fsp3) is 0.571. The second-order valence-corrected chi connectivity index (χ2v) is 2.38. The fourth-order valence-electron chi connectivity index (χ4n) is 0.837. The van der Waals surface area contributed by atoms with Gasteiger partial charge in [-0.25, -0.2) is 0 Å². The molecule has 4 heteroatoms. The molecule has 1 heterocycles. The molecule has 0 aromatic rings. The van der Waals surface area contributed by atoms with Crippen molar-refractivity contribution >= 4 is 17.7 Å². The summed E-state index contributed by atoms with van der Waals surface area (Å²) in [4.78, 5) is 32.0. The molecule has 0 saturated carbocycles. The first-order valence-corrected chi connectivity index (χ1v) is 3.43. The van der Waals surface area contributed by atoms with Gasteiger partial charge in [-0.15, -0.1) is 0 Å². The molecule has 4 nitrogen and oxygen atoms in total. The number of rotatable bonds is 0. The number of hydrogen-bond acceptors (Lipinski definition) is 4. The summed E-state index contributed by atoms with van der Waals surface area (Å²) in [6.45, 7) is 0. The number of carbonyl (C=O) groups excluding carboxylic acids is 3. The smallest absolute Gasteiger partial charge is 0.313 e. The molecule has 0 unspecified atom stereocenters. The Bertz CT molecular complexity index is 186. The lowest BCUT2D eigenvalue weighted by molar-refractivity contribution is -0.161. The summed E-state index contributed by atoms with van der Waals surface area (Å²) in [5.41, 5.74) is 0. The molecule has 0 bridgehead atoms. The van der Waals surface area contributed by atoms with Crippen LogP contribution < -0.4 is 0 Å². The van der Waals surface area contributed by atoms with Gasteiger partial charge >= 0.3 is 11.9 Å². The molecule has 0 N–H and O–H groups in total. The van der Waals surface area contributed by atoms with E-state index in [1.807, 2.05) is 0 Å². The Labute approximate surface area is 63.5 Å². The minimum Gasteiger partial charge on any atom is -0.393 e. The van der Waals surface area contributed by atoms with Gasteiger partial charge in [0.15, 0.2) is 0 Å². The third-order valence-corrected chi connectivity index (χ3v) is 1.44. The molecule has 0 aromatic heterocycles. The van der Waals surface area contributed by atoms with Crippen molar-refractivity contribution in [3.63, 3.8) is 0 Å². The third-order valence-electron chi connectivity index (χ3n) is 1.44. The van der Waals surface area contributed by atoms with Crippen LogP contribution in [0.4, 0.5) is 0 Å². The Morgan fingerprint density at radius 3 is 1.73 bits per heavy atom. The minimum absolute atomic E-state index is 0.0323. The van der Waals surface area contributed by atoms with Crippen LogP contribution in [0.25, 0.3) is 0 Å². The van der Waals surface area contributed by atoms with Crippen LogP contribution in [0.3, 0.4) is 0 Å². The van der Waals surface area contributed by atoms with E-state index in [0.717, 1.165) is 0 Å². The number of ketones is 1. The lowest BCUT2D eigenvalue weighted by Gasteiger charge is -2.05. The highest BCUT2D eigenvalue weighted by molar-refractivity contribution is 5.92. The molecular weight excluding hydrogens is 148 g/mol.